The summed E-state index contributed by atoms with van der Waals surface area (Å²) in [4.78, 5) is 7.27. The number of aryl methyl sites for hydroxylation is 1. The highest BCUT2D eigenvalue weighted by Crippen LogP contribution is 2.35. The lowest BCUT2D eigenvalue weighted by Crippen LogP contribution is -2.19. The molecular formula is C14H10ClF3N4O. The first-order valence-electron chi connectivity index (χ1n) is 6.56. The molecule has 9 heteroatoms. The summed E-state index contributed by atoms with van der Waals surface area (Å²) in [5.74, 6) is -5.54. The predicted octanol–water partition coefficient (Wildman–Crippen LogP) is 3.05. The molecule has 0 saturated heterocycles. The molecule has 0 amide bonds. The molecule has 0 atom stereocenters. The standard InChI is InChI=1S/C14H10ClF3N4O/c15-5-6-22-11-10(7-19-22)12(23)21-13(20-11)14(17,18)8-1-3-9(16)4-2-8/h1-4,7H,5-6H2,(H,20,21,23). The third-order valence-corrected chi connectivity index (χ3v) is 3.43. The maximum Gasteiger partial charge on any atom is 0.331 e. The van der Waals surface area contributed by atoms with E-state index in [2.05, 4.69) is 15.1 Å². The van der Waals surface area contributed by atoms with Gasteiger partial charge < -0.3 is 5.11 Å². The molecule has 2 heterocycles. The normalized spacial score (nSPS) is 12.0. The van der Waals surface area contributed by atoms with E-state index in [0.29, 0.717) is 0 Å². The van der Waals surface area contributed by atoms with E-state index in [9.17, 15) is 18.3 Å². The van der Waals surface area contributed by atoms with Gasteiger partial charge in [0.1, 0.15) is 11.2 Å². The van der Waals surface area contributed by atoms with Gasteiger partial charge in [0.25, 0.3) is 0 Å². The third kappa shape index (κ3) is 2.70. The van der Waals surface area contributed by atoms with Crippen LogP contribution in [-0.2, 0) is 12.5 Å². The molecule has 0 fully saturated rings. The number of nitrogens with zero attached hydrogens (tertiary/aromatic N) is 4. The molecule has 0 aliphatic rings. The van der Waals surface area contributed by atoms with Crippen molar-refractivity contribution in [3.63, 3.8) is 0 Å². The first-order valence-corrected chi connectivity index (χ1v) is 7.09. The molecule has 3 rings (SSSR count). The number of halogens is 4. The Labute approximate surface area is 133 Å². The van der Waals surface area contributed by atoms with Crippen molar-refractivity contribution in [3.8, 4) is 5.88 Å². The summed E-state index contributed by atoms with van der Waals surface area (Å²) in [7, 11) is 0. The van der Waals surface area contributed by atoms with Crippen LogP contribution in [0.5, 0.6) is 5.88 Å². The summed E-state index contributed by atoms with van der Waals surface area (Å²) in [6, 6.07) is 3.71. The van der Waals surface area contributed by atoms with Gasteiger partial charge in [0, 0.05) is 11.4 Å². The molecule has 23 heavy (non-hydrogen) atoms. The highest BCUT2D eigenvalue weighted by molar-refractivity contribution is 6.17. The second-order valence-corrected chi connectivity index (χ2v) is 5.12. The minimum absolute atomic E-state index is 0.0509. The van der Waals surface area contributed by atoms with Crippen LogP contribution in [0.15, 0.2) is 30.5 Å². The second-order valence-electron chi connectivity index (χ2n) is 4.75. The van der Waals surface area contributed by atoms with Crippen molar-refractivity contribution >= 4 is 22.6 Å². The summed E-state index contributed by atoms with van der Waals surface area (Å²) in [5.41, 5.74) is -0.434. The lowest BCUT2D eigenvalue weighted by molar-refractivity contribution is 0.0324. The average molecular weight is 343 g/mol. The van der Waals surface area contributed by atoms with Crippen LogP contribution < -0.4 is 0 Å². The van der Waals surface area contributed by atoms with Crippen molar-refractivity contribution in [3.05, 3.63) is 47.7 Å². The van der Waals surface area contributed by atoms with Crippen LogP contribution in [-0.4, -0.2) is 30.7 Å². The number of aromatic nitrogens is 4. The van der Waals surface area contributed by atoms with Gasteiger partial charge in [-0.1, -0.05) is 0 Å². The lowest BCUT2D eigenvalue weighted by atomic mass is 10.1. The van der Waals surface area contributed by atoms with Crippen LogP contribution >= 0.6 is 11.6 Å². The fourth-order valence-electron chi connectivity index (χ4n) is 2.11. The number of rotatable bonds is 4. The second kappa shape index (κ2) is 5.69. The number of hydrogen-bond donors (Lipinski definition) is 1. The first-order chi connectivity index (χ1) is 10.9. The zero-order valence-electron chi connectivity index (χ0n) is 11.5. The van der Waals surface area contributed by atoms with Gasteiger partial charge in [-0.2, -0.15) is 18.9 Å². The maximum absolute atomic E-state index is 14.5. The summed E-state index contributed by atoms with van der Waals surface area (Å²) in [5, 5.41) is 13.9. The van der Waals surface area contributed by atoms with Gasteiger partial charge in [-0.25, -0.2) is 14.1 Å². The molecule has 0 unspecified atom stereocenters. The van der Waals surface area contributed by atoms with E-state index in [1.54, 1.807) is 0 Å². The van der Waals surface area contributed by atoms with E-state index in [0.717, 1.165) is 24.3 Å². The zero-order valence-corrected chi connectivity index (χ0v) is 12.3. The molecule has 0 aliphatic heterocycles. The minimum Gasteiger partial charge on any atom is -0.493 e. The number of fused-ring (bicyclic) bond motifs is 1. The van der Waals surface area contributed by atoms with Crippen LogP contribution in [0, 0.1) is 5.82 Å². The van der Waals surface area contributed by atoms with Crippen molar-refractivity contribution < 1.29 is 18.3 Å². The molecule has 2 aromatic heterocycles. The Morgan fingerprint density at radius 1 is 1.17 bits per heavy atom. The van der Waals surface area contributed by atoms with Crippen molar-refractivity contribution in [1.82, 2.24) is 19.7 Å². The zero-order chi connectivity index (χ0) is 16.6. The average Bonchev–Trinajstić information content (AvgIpc) is 2.92. The number of hydrogen-bond acceptors (Lipinski definition) is 4. The van der Waals surface area contributed by atoms with E-state index in [-0.39, 0.29) is 23.5 Å². The Morgan fingerprint density at radius 2 is 1.87 bits per heavy atom. The number of alkyl halides is 3. The Bertz CT molecular complexity index is 851. The molecule has 0 radical (unpaired) electrons. The van der Waals surface area contributed by atoms with Crippen molar-refractivity contribution in [2.45, 2.75) is 12.5 Å². The van der Waals surface area contributed by atoms with Crippen LogP contribution in [0.4, 0.5) is 13.2 Å². The predicted molar refractivity (Wildman–Crippen MR) is 77.1 cm³/mol. The molecule has 0 spiro atoms. The third-order valence-electron chi connectivity index (χ3n) is 3.26. The van der Waals surface area contributed by atoms with E-state index >= 15 is 0 Å². The molecule has 1 N–H and O–H groups in total. The molecule has 3 aromatic rings. The molecular weight excluding hydrogens is 333 g/mol. The largest absolute Gasteiger partial charge is 0.493 e. The number of benzene rings is 1. The first kappa shape index (κ1) is 15.5. The van der Waals surface area contributed by atoms with Crippen molar-refractivity contribution in [1.29, 1.82) is 0 Å². The van der Waals surface area contributed by atoms with Gasteiger partial charge >= 0.3 is 5.92 Å². The summed E-state index contributed by atoms with van der Waals surface area (Å²) in [6.07, 6.45) is 1.27. The molecule has 120 valence electrons. The van der Waals surface area contributed by atoms with Gasteiger partial charge in [0.2, 0.25) is 11.7 Å². The van der Waals surface area contributed by atoms with Gasteiger partial charge in [0.15, 0.2) is 5.65 Å². The highest BCUT2D eigenvalue weighted by atomic mass is 35.5. The molecule has 0 aliphatic carbocycles. The van der Waals surface area contributed by atoms with Gasteiger partial charge in [-0.05, 0) is 24.3 Å². The van der Waals surface area contributed by atoms with E-state index < -0.39 is 29.0 Å². The van der Waals surface area contributed by atoms with Crippen LogP contribution in [0.2, 0.25) is 0 Å². The fraction of sp³-hybridized carbons (Fsp3) is 0.214. The number of aromatic hydroxyl groups is 1. The Kier molecular flexibility index (Phi) is 3.85. The van der Waals surface area contributed by atoms with E-state index in [4.69, 9.17) is 11.6 Å². The topological polar surface area (TPSA) is 63.8 Å². The quantitative estimate of drug-likeness (QED) is 0.740. The molecule has 0 bridgehead atoms. The van der Waals surface area contributed by atoms with Crippen LogP contribution in [0.1, 0.15) is 11.4 Å². The maximum atomic E-state index is 14.5. The van der Waals surface area contributed by atoms with Crippen molar-refractivity contribution in [2.75, 3.05) is 5.88 Å². The Balaban J connectivity index is 2.14. The molecule has 5 nitrogen and oxygen atoms in total. The SMILES string of the molecule is Oc1nc(C(F)(F)c2ccc(F)cc2)nc2c1cnn2CCCl. The lowest BCUT2D eigenvalue weighted by Gasteiger charge is -2.15. The summed E-state index contributed by atoms with van der Waals surface area (Å²) >= 11 is 5.62. The Hall–Kier alpha value is -2.35. The van der Waals surface area contributed by atoms with E-state index in [1.165, 1.54) is 10.9 Å². The van der Waals surface area contributed by atoms with Crippen molar-refractivity contribution in [2.24, 2.45) is 0 Å². The summed E-state index contributed by atoms with van der Waals surface area (Å²) < 4.78 is 43.3. The monoisotopic (exact) mass is 342 g/mol. The van der Waals surface area contributed by atoms with Crippen LogP contribution in [0.3, 0.4) is 0 Å². The fourth-order valence-corrected chi connectivity index (χ4v) is 2.27. The molecule has 0 saturated carbocycles. The van der Waals surface area contributed by atoms with E-state index in [1.807, 2.05) is 0 Å². The van der Waals surface area contributed by atoms with Gasteiger partial charge in [-0.3, -0.25) is 0 Å². The minimum atomic E-state index is -3.60. The highest BCUT2D eigenvalue weighted by Gasteiger charge is 2.38. The molecule has 1 aromatic carbocycles. The smallest absolute Gasteiger partial charge is 0.331 e. The van der Waals surface area contributed by atoms with Crippen LogP contribution in [0.25, 0.3) is 11.0 Å². The van der Waals surface area contributed by atoms with Gasteiger partial charge in [0.05, 0.1) is 12.7 Å². The van der Waals surface area contributed by atoms with Gasteiger partial charge in [-0.15, -0.1) is 11.6 Å². The Morgan fingerprint density at radius 3 is 2.52 bits per heavy atom. The summed E-state index contributed by atoms with van der Waals surface area (Å²) in [6.45, 7) is 0.239.